The van der Waals surface area contributed by atoms with Crippen molar-refractivity contribution in [1.82, 2.24) is 0 Å². The van der Waals surface area contributed by atoms with E-state index in [1.807, 2.05) is 6.21 Å². The molecule has 22 heavy (non-hydrogen) atoms. The molecule has 4 heteroatoms. The summed E-state index contributed by atoms with van der Waals surface area (Å²) in [5.74, 6) is 0.653. The van der Waals surface area contributed by atoms with Crippen LogP contribution >= 0.6 is 0 Å². The molecule has 1 aromatic carbocycles. The molecular formula is C18H30N4. The SMILES string of the molecule is CN.CN=NCC1=CCCC=N1.Cc1cccc(C(C)C)c1. The molecule has 4 nitrogen and oxygen atoms in total. The van der Waals surface area contributed by atoms with Crippen LogP contribution in [-0.4, -0.2) is 26.9 Å². The van der Waals surface area contributed by atoms with Crippen molar-refractivity contribution in [3.05, 3.63) is 47.2 Å². The third kappa shape index (κ3) is 9.19. The molecule has 0 atom stereocenters. The van der Waals surface area contributed by atoms with Gasteiger partial charge in [-0.1, -0.05) is 49.8 Å². The van der Waals surface area contributed by atoms with Gasteiger partial charge in [-0.2, -0.15) is 10.2 Å². The van der Waals surface area contributed by atoms with Gasteiger partial charge in [0.1, 0.15) is 6.54 Å². The first-order valence-electron chi connectivity index (χ1n) is 7.75. The highest BCUT2D eigenvalue weighted by Gasteiger charge is 1.96. The Balaban J connectivity index is 0.000000360. The molecule has 0 aromatic heterocycles. The van der Waals surface area contributed by atoms with Crippen LogP contribution in [0.15, 0.2) is 51.3 Å². The van der Waals surface area contributed by atoms with Crippen LogP contribution in [0.25, 0.3) is 0 Å². The van der Waals surface area contributed by atoms with E-state index < -0.39 is 0 Å². The second-order valence-corrected chi connectivity index (χ2v) is 5.15. The first-order valence-corrected chi connectivity index (χ1v) is 7.75. The number of rotatable bonds is 3. The van der Waals surface area contributed by atoms with Crippen molar-refractivity contribution in [2.45, 2.75) is 39.5 Å². The number of azo groups is 1. The summed E-state index contributed by atoms with van der Waals surface area (Å²) in [6.07, 6.45) is 6.19. The molecule has 0 unspecified atom stereocenters. The van der Waals surface area contributed by atoms with Crippen LogP contribution in [0.4, 0.5) is 0 Å². The van der Waals surface area contributed by atoms with Gasteiger partial charge in [0.05, 0.1) is 5.70 Å². The van der Waals surface area contributed by atoms with Crippen LogP contribution in [0, 0.1) is 6.92 Å². The Morgan fingerprint density at radius 3 is 2.41 bits per heavy atom. The van der Waals surface area contributed by atoms with Crippen molar-refractivity contribution < 1.29 is 0 Å². The highest BCUT2D eigenvalue weighted by molar-refractivity contribution is 5.60. The van der Waals surface area contributed by atoms with Gasteiger partial charge in [0.15, 0.2) is 0 Å². The zero-order valence-electron chi connectivity index (χ0n) is 14.6. The number of aryl methyl sites for hydroxylation is 1. The number of nitrogens with zero attached hydrogens (tertiary/aromatic N) is 3. The molecule has 0 saturated carbocycles. The predicted octanol–water partition coefficient (Wildman–Crippen LogP) is 4.51. The van der Waals surface area contributed by atoms with E-state index in [1.54, 1.807) is 7.05 Å². The zero-order chi connectivity index (χ0) is 16.8. The van der Waals surface area contributed by atoms with Gasteiger partial charge in [-0.05, 0) is 38.3 Å². The van der Waals surface area contributed by atoms with Gasteiger partial charge in [0.25, 0.3) is 0 Å². The minimum atomic E-state index is 0.632. The normalized spacial score (nSPS) is 13.1. The van der Waals surface area contributed by atoms with Crippen molar-refractivity contribution in [3.63, 3.8) is 0 Å². The molecule has 1 aromatic rings. The summed E-state index contributed by atoms with van der Waals surface area (Å²) >= 11 is 0. The summed E-state index contributed by atoms with van der Waals surface area (Å²) in [6.45, 7) is 7.20. The van der Waals surface area contributed by atoms with Crippen molar-refractivity contribution in [2.24, 2.45) is 21.0 Å². The maximum absolute atomic E-state index is 4.50. The largest absolute Gasteiger partial charge is 0.333 e. The summed E-state index contributed by atoms with van der Waals surface area (Å²) in [6, 6.07) is 8.67. The Bertz CT molecular complexity index is 488. The van der Waals surface area contributed by atoms with Crippen LogP contribution in [0.3, 0.4) is 0 Å². The summed E-state index contributed by atoms with van der Waals surface area (Å²) in [7, 11) is 3.17. The summed E-state index contributed by atoms with van der Waals surface area (Å²) < 4.78 is 0. The molecule has 0 spiro atoms. The lowest BCUT2D eigenvalue weighted by Crippen LogP contribution is -1.91. The lowest BCUT2D eigenvalue weighted by Gasteiger charge is -2.04. The molecule has 0 saturated heterocycles. The van der Waals surface area contributed by atoms with Crippen LogP contribution < -0.4 is 5.73 Å². The van der Waals surface area contributed by atoms with E-state index in [9.17, 15) is 0 Å². The first-order chi connectivity index (χ1) is 10.6. The molecule has 1 heterocycles. The van der Waals surface area contributed by atoms with E-state index >= 15 is 0 Å². The smallest absolute Gasteiger partial charge is 0.102 e. The van der Waals surface area contributed by atoms with Crippen LogP contribution in [0.2, 0.25) is 0 Å². The second kappa shape index (κ2) is 12.9. The first kappa shape index (κ1) is 20.2. The number of hydrogen-bond donors (Lipinski definition) is 1. The van der Waals surface area contributed by atoms with Gasteiger partial charge in [0, 0.05) is 13.3 Å². The molecule has 0 bridgehead atoms. The van der Waals surface area contributed by atoms with Crippen molar-refractivity contribution in [1.29, 1.82) is 0 Å². The Kier molecular flexibility index (Phi) is 11.8. The number of benzene rings is 1. The van der Waals surface area contributed by atoms with Gasteiger partial charge in [-0.25, -0.2) is 0 Å². The molecular weight excluding hydrogens is 272 g/mol. The molecule has 0 aliphatic carbocycles. The van der Waals surface area contributed by atoms with Crippen LogP contribution in [0.1, 0.15) is 43.7 Å². The Morgan fingerprint density at radius 2 is 1.95 bits per heavy atom. The average Bonchev–Trinajstić information content (AvgIpc) is 2.56. The average molecular weight is 302 g/mol. The Hall–Kier alpha value is -1.81. The second-order valence-electron chi connectivity index (χ2n) is 5.15. The van der Waals surface area contributed by atoms with Crippen LogP contribution in [0.5, 0.6) is 0 Å². The fourth-order valence-electron chi connectivity index (χ4n) is 1.84. The molecule has 122 valence electrons. The highest BCUT2D eigenvalue weighted by atomic mass is 15.1. The van der Waals surface area contributed by atoms with Crippen LogP contribution in [-0.2, 0) is 0 Å². The van der Waals surface area contributed by atoms with Gasteiger partial charge in [-0.15, -0.1) is 0 Å². The van der Waals surface area contributed by atoms with Gasteiger partial charge >= 0.3 is 0 Å². The molecule has 2 rings (SSSR count). The molecule has 0 radical (unpaired) electrons. The number of aliphatic imine (C=N–C) groups is 1. The summed E-state index contributed by atoms with van der Waals surface area (Å²) in [5, 5.41) is 7.48. The number of nitrogens with two attached hydrogens (primary N) is 1. The van der Waals surface area contributed by atoms with E-state index in [0.29, 0.717) is 12.5 Å². The van der Waals surface area contributed by atoms with E-state index in [4.69, 9.17) is 0 Å². The molecule has 2 N–H and O–H groups in total. The highest BCUT2D eigenvalue weighted by Crippen LogP contribution is 2.14. The minimum Gasteiger partial charge on any atom is -0.333 e. The fraction of sp³-hybridized carbons (Fsp3) is 0.500. The topological polar surface area (TPSA) is 63.1 Å². The molecule has 0 fully saturated rings. The van der Waals surface area contributed by atoms with Crippen molar-refractivity contribution in [3.8, 4) is 0 Å². The van der Waals surface area contributed by atoms with Crippen molar-refractivity contribution in [2.75, 3.05) is 20.6 Å². The van der Waals surface area contributed by atoms with Gasteiger partial charge in [-0.3, -0.25) is 4.99 Å². The summed E-state index contributed by atoms with van der Waals surface area (Å²) in [5.41, 5.74) is 8.32. The lowest BCUT2D eigenvalue weighted by atomic mass is 10.0. The maximum Gasteiger partial charge on any atom is 0.102 e. The minimum absolute atomic E-state index is 0.632. The monoisotopic (exact) mass is 302 g/mol. The molecule has 1 aliphatic heterocycles. The Morgan fingerprint density at radius 1 is 1.23 bits per heavy atom. The van der Waals surface area contributed by atoms with E-state index in [2.05, 4.69) is 72.1 Å². The summed E-state index contributed by atoms with van der Waals surface area (Å²) in [4.78, 5) is 4.15. The van der Waals surface area contributed by atoms with Gasteiger partial charge in [0.2, 0.25) is 0 Å². The maximum atomic E-state index is 4.50. The number of hydrogen-bond acceptors (Lipinski definition) is 4. The standard InChI is InChI=1S/C10H14.C7H11N3.CH5N/c1-8(2)10-6-4-5-9(3)7-10;1-8-10-6-7-4-2-3-5-9-7;1-2/h4-8H,1-3H3;4-5H,2-3,6H2,1H3;2H2,1H3. The van der Waals surface area contributed by atoms with E-state index in [1.165, 1.54) is 18.2 Å². The molecule has 1 aliphatic rings. The number of allylic oxidation sites excluding steroid dienone is 1. The van der Waals surface area contributed by atoms with Crippen molar-refractivity contribution >= 4 is 6.21 Å². The zero-order valence-corrected chi connectivity index (χ0v) is 14.6. The quantitative estimate of drug-likeness (QED) is 0.820. The third-order valence-electron chi connectivity index (χ3n) is 3.02. The third-order valence-corrected chi connectivity index (χ3v) is 3.02. The molecule has 0 amide bonds. The fourth-order valence-corrected chi connectivity index (χ4v) is 1.84. The predicted molar refractivity (Wildman–Crippen MR) is 96.8 cm³/mol. The van der Waals surface area contributed by atoms with Gasteiger partial charge < -0.3 is 5.73 Å². The van der Waals surface area contributed by atoms with E-state index in [0.717, 1.165) is 18.5 Å². The lowest BCUT2D eigenvalue weighted by molar-refractivity contribution is 0.865. The van der Waals surface area contributed by atoms with E-state index in [-0.39, 0.29) is 0 Å². The Labute approximate surface area is 135 Å².